The monoisotopic (exact) mass is 281 g/mol. The zero-order chi connectivity index (χ0) is 11.6. The predicted octanol–water partition coefficient (Wildman–Crippen LogP) is 3.43. The molecule has 0 radical (unpaired) electrons. The zero-order valence-corrected chi connectivity index (χ0v) is 9.24. The number of anilines is 1. The van der Waals surface area contributed by atoms with Crippen LogP contribution in [0, 0.1) is 0 Å². The molecule has 0 saturated heterocycles. The van der Waals surface area contributed by atoms with E-state index in [4.69, 9.17) is 0 Å². The predicted molar refractivity (Wildman–Crippen MR) is 53.4 cm³/mol. The van der Waals surface area contributed by atoms with Gasteiger partial charge in [-0.15, -0.1) is 0 Å². The third-order valence-electron chi connectivity index (χ3n) is 1.61. The SMILES string of the molecule is CC(=O)Nc1ccc(C(F)(F)F)cc1Br. The van der Waals surface area contributed by atoms with Gasteiger partial charge in [-0.2, -0.15) is 13.2 Å². The number of benzene rings is 1. The molecule has 0 aliphatic heterocycles. The van der Waals surface area contributed by atoms with Crippen LogP contribution in [0.4, 0.5) is 18.9 Å². The van der Waals surface area contributed by atoms with Crippen molar-refractivity contribution in [3.8, 4) is 0 Å². The molecule has 0 saturated carbocycles. The first-order valence-corrected chi connectivity index (χ1v) is 4.74. The molecule has 0 atom stereocenters. The lowest BCUT2D eigenvalue weighted by Crippen LogP contribution is -2.08. The van der Waals surface area contributed by atoms with Crippen molar-refractivity contribution in [1.82, 2.24) is 0 Å². The first-order chi connectivity index (χ1) is 6.80. The van der Waals surface area contributed by atoms with E-state index in [1.165, 1.54) is 13.0 Å². The molecule has 0 unspecified atom stereocenters. The maximum Gasteiger partial charge on any atom is 0.416 e. The standard InChI is InChI=1S/C9H7BrF3NO/c1-5(15)14-8-3-2-6(4-7(8)10)9(11,12)13/h2-4H,1H3,(H,14,15). The van der Waals surface area contributed by atoms with E-state index in [0.29, 0.717) is 5.69 Å². The summed E-state index contributed by atoms with van der Waals surface area (Å²) in [6.45, 7) is 1.28. The summed E-state index contributed by atoms with van der Waals surface area (Å²) in [5.41, 5.74) is -0.445. The van der Waals surface area contributed by atoms with Gasteiger partial charge in [-0.05, 0) is 34.1 Å². The highest BCUT2D eigenvalue weighted by Crippen LogP contribution is 2.33. The van der Waals surface area contributed by atoms with Gasteiger partial charge in [0, 0.05) is 11.4 Å². The van der Waals surface area contributed by atoms with Gasteiger partial charge in [-0.1, -0.05) is 0 Å². The molecular weight excluding hydrogens is 275 g/mol. The molecule has 1 rings (SSSR count). The summed E-state index contributed by atoms with van der Waals surface area (Å²) in [4.78, 5) is 10.7. The fourth-order valence-corrected chi connectivity index (χ4v) is 1.46. The lowest BCUT2D eigenvalue weighted by Gasteiger charge is -2.10. The Hall–Kier alpha value is -1.04. The van der Waals surface area contributed by atoms with E-state index in [0.717, 1.165) is 12.1 Å². The minimum Gasteiger partial charge on any atom is -0.325 e. The lowest BCUT2D eigenvalue weighted by molar-refractivity contribution is -0.137. The van der Waals surface area contributed by atoms with E-state index < -0.39 is 11.7 Å². The minimum absolute atomic E-state index is 0.201. The summed E-state index contributed by atoms with van der Waals surface area (Å²) in [6.07, 6.45) is -4.38. The van der Waals surface area contributed by atoms with Gasteiger partial charge in [0.05, 0.1) is 11.3 Å². The first-order valence-electron chi connectivity index (χ1n) is 3.95. The van der Waals surface area contributed by atoms with Crippen molar-refractivity contribution in [2.75, 3.05) is 5.32 Å². The summed E-state index contributed by atoms with van der Waals surface area (Å²) in [7, 11) is 0. The highest BCUT2D eigenvalue weighted by molar-refractivity contribution is 9.10. The van der Waals surface area contributed by atoms with Crippen LogP contribution in [0.15, 0.2) is 22.7 Å². The summed E-state index contributed by atoms with van der Waals surface area (Å²) in [5.74, 6) is -0.338. The van der Waals surface area contributed by atoms with Crippen molar-refractivity contribution < 1.29 is 18.0 Å². The van der Waals surface area contributed by atoms with Gasteiger partial charge < -0.3 is 5.32 Å². The molecule has 0 aliphatic carbocycles. The maximum absolute atomic E-state index is 12.3. The topological polar surface area (TPSA) is 29.1 Å². The molecule has 1 aromatic carbocycles. The van der Waals surface area contributed by atoms with Gasteiger partial charge in [0.2, 0.25) is 5.91 Å². The second-order valence-corrected chi connectivity index (χ2v) is 3.73. The van der Waals surface area contributed by atoms with Crippen molar-refractivity contribution in [3.63, 3.8) is 0 Å². The van der Waals surface area contributed by atoms with Crippen LogP contribution >= 0.6 is 15.9 Å². The Labute approximate surface area is 92.6 Å². The number of hydrogen-bond donors (Lipinski definition) is 1. The second-order valence-electron chi connectivity index (χ2n) is 2.87. The quantitative estimate of drug-likeness (QED) is 0.840. The molecular formula is C9H7BrF3NO. The molecule has 2 nitrogen and oxygen atoms in total. The van der Waals surface area contributed by atoms with Gasteiger partial charge in [-0.25, -0.2) is 0 Å². The number of alkyl halides is 3. The number of nitrogens with one attached hydrogen (secondary N) is 1. The van der Waals surface area contributed by atoms with Crippen molar-refractivity contribution >= 4 is 27.5 Å². The van der Waals surface area contributed by atoms with E-state index >= 15 is 0 Å². The molecule has 0 aromatic heterocycles. The molecule has 6 heteroatoms. The fraction of sp³-hybridized carbons (Fsp3) is 0.222. The van der Waals surface area contributed by atoms with Gasteiger partial charge in [-0.3, -0.25) is 4.79 Å². The third kappa shape index (κ3) is 3.23. The molecule has 0 aliphatic rings. The van der Waals surface area contributed by atoms with Gasteiger partial charge >= 0.3 is 6.18 Å². The first kappa shape index (κ1) is 12.0. The van der Waals surface area contributed by atoms with Crippen molar-refractivity contribution in [1.29, 1.82) is 0 Å². The van der Waals surface area contributed by atoms with Crippen molar-refractivity contribution in [3.05, 3.63) is 28.2 Å². The number of carbonyl (C=O) groups excluding carboxylic acids is 1. The van der Waals surface area contributed by atoms with Gasteiger partial charge in [0.1, 0.15) is 0 Å². The van der Waals surface area contributed by atoms with E-state index in [-0.39, 0.29) is 10.4 Å². The van der Waals surface area contributed by atoms with Crippen LogP contribution in [-0.2, 0) is 11.0 Å². The highest BCUT2D eigenvalue weighted by atomic mass is 79.9. The Morgan fingerprint density at radius 3 is 2.40 bits per heavy atom. The van der Waals surface area contributed by atoms with E-state index in [2.05, 4.69) is 21.2 Å². The maximum atomic E-state index is 12.3. The average Bonchev–Trinajstić information content (AvgIpc) is 2.05. The van der Waals surface area contributed by atoms with Gasteiger partial charge in [0.15, 0.2) is 0 Å². The Bertz CT molecular complexity index is 389. The normalized spacial score (nSPS) is 11.3. The Balaban J connectivity index is 3.03. The van der Waals surface area contributed by atoms with E-state index in [9.17, 15) is 18.0 Å². The van der Waals surface area contributed by atoms with Crippen molar-refractivity contribution in [2.45, 2.75) is 13.1 Å². The van der Waals surface area contributed by atoms with Crippen LogP contribution < -0.4 is 5.32 Å². The third-order valence-corrected chi connectivity index (χ3v) is 2.26. The van der Waals surface area contributed by atoms with E-state index in [1.807, 2.05) is 0 Å². The molecule has 1 amide bonds. The molecule has 82 valence electrons. The van der Waals surface area contributed by atoms with Crippen LogP contribution in [0.5, 0.6) is 0 Å². The molecule has 0 bridgehead atoms. The summed E-state index contributed by atoms with van der Waals surface area (Å²) < 4.78 is 37.0. The summed E-state index contributed by atoms with van der Waals surface area (Å²) in [5, 5.41) is 2.40. The lowest BCUT2D eigenvalue weighted by atomic mass is 10.2. The summed E-state index contributed by atoms with van der Waals surface area (Å²) in [6, 6.07) is 3.04. The molecule has 1 N–H and O–H groups in total. The minimum atomic E-state index is -4.38. The van der Waals surface area contributed by atoms with Crippen LogP contribution in [0.1, 0.15) is 12.5 Å². The average molecular weight is 282 g/mol. The van der Waals surface area contributed by atoms with Crippen LogP contribution in [0.3, 0.4) is 0 Å². The molecule has 0 fully saturated rings. The molecule has 0 spiro atoms. The largest absolute Gasteiger partial charge is 0.416 e. The summed E-state index contributed by atoms with van der Waals surface area (Å²) >= 11 is 2.95. The van der Waals surface area contributed by atoms with E-state index in [1.54, 1.807) is 0 Å². The fourth-order valence-electron chi connectivity index (χ4n) is 0.982. The number of rotatable bonds is 1. The smallest absolute Gasteiger partial charge is 0.325 e. The van der Waals surface area contributed by atoms with Crippen LogP contribution in [-0.4, -0.2) is 5.91 Å². The number of carbonyl (C=O) groups is 1. The number of halogens is 4. The Morgan fingerprint density at radius 1 is 1.40 bits per heavy atom. The second kappa shape index (κ2) is 4.22. The number of amides is 1. The van der Waals surface area contributed by atoms with Crippen LogP contribution in [0.25, 0.3) is 0 Å². The molecule has 1 aromatic rings. The Morgan fingerprint density at radius 2 is 2.00 bits per heavy atom. The number of hydrogen-bond acceptors (Lipinski definition) is 1. The molecule has 15 heavy (non-hydrogen) atoms. The molecule has 0 heterocycles. The highest BCUT2D eigenvalue weighted by Gasteiger charge is 2.30. The van der Waals surface area contributed by atoms with Crippen molar-refractivity contribution in [2.24, 2.45) is 0 Å². The van der Waals surface area contributed by atoms with Crippen LogP contribution in [0.2, 0.25) is 0 Å². The zero-order valence-electron chi connectivity index (χ0n) is 7.65. The Kier molecular flexibility index (Phi) is 3.38. The van der Waals surface area contributed by atoms with Gasteiger partial charge in [0.25, 0.3) is 0 Å².